The van der Waals surface area contributed by atoms with Gasteiger partial charge in [-0.15, -0.1) is 0 Å². The third-order valence-corrected chi connectivity index (χ3v) is 5.90. The highest BCUT2D eigenvalue weighted by atomic mass is 14.6. The van der Waals surface area contributed by atoms with Crippen LogP contribution >= 0.6 is 0 Å². The monoisotopic (exact) mass is 402 g/mol. The molecule has 0 saturated heterocycles. The second-order valence-corrected chi connectivity index (χ2v) is 7.65. The number of allylic oxidation sites excluding steroid dienone is 4. The molecule has 0 N–H and O–H groups in total. The van der Waals surface area contributed by atoms with E-state index in [9.17, 15) is 0 Å². The third-order valence-electron chi connectivity index (χ3n) is 5.90. The molecule has 0 radical (unpaired) electrons. The smallest absolute Gasteiger partial charge is 0.000979 e. The van der Waals surface area contributed by atoms with Gasteiger partial charge >= 0.3 is 0 Å². The molecule has 0 nitrogen and oxygen atoms in total. The minimum absolute atomic E-state index is 0. The molecule has 0 aromatic heterocycles. The average molecular weight is 403 g/mol. The van der Waals surface area contributed by atoms with Crippen LogP contribution in [0.15, 0.2) is 42.5 Å². The molecule has 0 amide bonds. The van der Waals surface area contributed by atoms with Crippen LogP contribution in [0.5, 0.6) is 0 Å². The van der Waals surface area contributed by atoms with E-state index in [2.05, 4.69) is 91.0 Å². The Morgan fingerprint density at radius 1 is 0.931 bits per heavy atom. The second kappa shape index (κ2) is 17.5. The number of unbranched alkanes of at least 4 members (excludes halogenated alkanes) is 1. The highest BCUT2D eigenvalue weighted by Gasteiger charge is 2.60. The lowest BCUT2D eigenvalue weighted by Crippen LogP contribution is -2.13. The molecule has 0 heteroatoms. The molecular weight excluding hydrogens is 348 g/mol. The van der Waals surface area contributed by atoms with E-state index in [4.69, 9.17) is 0 Å². The van der Waals surface area contributed by atoms with Crippen molar-refractivity contribution in [3.63, 3.8) is 0 Å². The van der Waals surface area contributed by atoms with E-state index in [1.807, 2.05) is 27.7 Å². The number of hydrogen-bond acceptors (Lipinski definition) is 0. The zero-order chi connectivity index (χ0) is 22.2. The van der Waals surface area contributed by atoms with Gasteiger partial charge in [0.2, 0.25) is 0 Å². The van der Waals surface area contributed by atoms with Crippen molar-refractivity contribution in [2.24, 2.45) is 5.41 Å². The van der Waals surface area contributed by atoms with Crippen LogP contribution in [-0.4, -0.2) is 0 Å². The maximum absolute atomic E-state index is 2.44. The third kappa shape index (κ3) is 9.37. The fraction of sp³-hybridized carbons (Fsp3) is 0.655. The summed E-state index contributed by atoms with van der Waals surface area (Å²) in [5.41, 5.74) is 5.15. The molecule has 2 unspecified atom stereocenters. The van der Waals surface area contributed by atoms with E-state index in [0.717, 1.165) is 6.42 Å². The van der Waals surface area contributed by atoms with Crippen molar-refractivity contribution >= 4 is 5.57 Å². The zero-order valence-corrected chi connectivity index (χ0v) is 21.1. The summed E-state index contributed by atoms with van der Waals surface area (Å²) >= 11 is 0. The molecule has 0 heterocycles. The molecule has 29 heavy (non-hydrogen) atoms. The van der Waals surface area contributed by atoms with Crippen molar-refractivity contribution in [1.82, 2.24) is 0 Å². The number of hydrogen-bond donors (Lipinski definition) is 0. The Hall–Kier alpha value is -1.30. The van der Waals surface area contributed by atoms with E-state index >= 15 is 0 Å². The fourth-order valence-corrected chi connectivity index (χ4v) is 3.42. The second-order valence-electron chi connectivity index (χ2n) is 7.65. The van der Waals surface area contributed by atoms with Gasteiger partial charge in [-0.05, 0) is 53.7 Å². The first-order valence-corrected chi connectivity index (χ1v) is 11.8. The van der Waals surface area contributed by atoms with Crippen molar-refractivity contribution in [3.8, 4) is 0 Å². The van der Waals surface area contributed by atoms with E-state index in [1.165, 1.54) is 42.4 Å². The van der Waals surface area contributed by atoms with Crippen LogP contribution in [0.3, 0.4) is 0 Å². The largest absolute Gasteiger partial charge is 0.0848 e. The van der Waals surface area contributed by atoms with Gasteiger partial charge in [-0.3, -0.25) is 0 Å². The SMILES string of the molecule is C.CC.CC.CC/C=C\C=C(/C)c1ccccc1C1(C)CC1(C)CC.CCCC. The molecule has 2 rings (SSSR count). The quantitative estimate of drug-likeness (QED) is 0.415. The summed E-state index contributed by atoms with van der Waals surface area (Å²) in [6.45, 7) is 23.9. The number of rotatable bonds is 6. The minimum atomic E-state index is 0. The van der Waals surface area contributed by atoms with Crippen LogP contribution in [0.4, 0.5) is 0 Å². The maximum Gasteiger partial charge on any atom is -0.000979 e. The van der Waals surface area contributed by atoms with Gasteiger partial charge in [0.05, 0.1) is 0 Å². The molecule has 1 aromatic rings. The molecule has 0 bridgehead atoms. The van der Waals surface area contributed by atoms with Crippen molar-refractivity contribution in [3.05, 3.63) is 53.6 Å². The molecule has 1 aromatic carbocycles. The Bertz CT molecular complexity index is 561. The van der Waals surface area contributed by atoms with E-state index in [0.29, 0.717) is 10.8 Å². The predicted molar refractivity (Wildman–Crippen MR) is 140 cm³/mol. The Kier molecular flexibility index (Phi) is 19.6. The summed E-state index contributed by atoms with van der Waals surface area (Å²) in [5.74, 6) is 0. The number of benzene rings is 1. The molecule has 170 valence electrons. The van der Waals surface area contributed by atoms with Crippen LogP contribution in [0.1, 0.15) is 127 Å². The Morgan fingerprint density at radius 3 is 1.86 bits per heavy atom. The van der Waals surface area contributed by atoms with Crippen LogP contribution in [0.2, 0.25) is 0 Å². The molecule has 0 aliphatic heterocycles. The van der Waals surface area contributed by atoms with Crippen LogP contribution in [0.25, 0.3) is 5.57 Å². The predicted octanol–water partition coefficient (Wildman–Crippen LogP) is 10.6. The fourth-order valence-electron chi connectivity index (χ4n) is 3.42. The molecule has 1 saturated carbocycles. The zero-order valence-electron chi connectivity index (χ0n) is 21.1. The van der Waals surface area contributed by atoms with Crippen LogP contribution in [0, 0.1) is 5.41 Å². The molecule has 1 aliphatic rings. The first-order valence-electron chi connectivity index (χ1n) is 11.8. The lowest BCUT2D eigenvalue weighted by atomic mass is 9.83. The summed E-state index contributed by atoms with van der Waals surface area (Å²) in [7, 11) is 0. The summed E-state index contributed by atoms with van der Waals surface area (Å²) in [6, 6.07) is 8.96. The van der Waals surface area contributed by atoms with Crippen molar-refractivity contribution < 1.29 is 0 Å². The first-order chi connectivity index (χ1) is 13.4. The van der Waals surface area contributed by atoms with Gasteiger partial charge in [0.25, 0.3) is 0 Å². The van der Waals surface area contributed by atoms with E-state index in [1.54, 1.807) is 0 Å². The minimum Gasteiger partial charge on any atom is -0.0848 e. The summed E-state index contributed by atoms with van der Waals surface area (Å²) in [5, 5.41) is 0. The molecule has 0 spiro atoms. The summed E-state index contributed by atoms with van der Waals surface area (Å²) in [6.07, 6.45) is 12.9. The van der Waals surface area contributed by atoms with Gasteiger partial charge < -0.3 is 0 Å². The molecule has 1 fully saturated rings. The van der Waals surface area contributed by atoms with Gasteiger partial charge in [-0.2, -0.15) is 0 Å². The van der Waals surface area contributed by atoms with Gasteiger partial charge in [-0.1, -0.05) is 132 Å². The van der Waals surface area contributed by atoms with Gasteiger partial charge in [0, 0.05) is 0 Å². The molecule has 2 atom stereocenters. The van der Waals surface area contributed by atoms with E-state index in [-0.39, 0.29) is 7.43 Å². The molecule has 1 aliphatic carbocycles. The van der Waals surface area contributed by atoms with Crippen LogP contribution < -0.4 is 0 Å². The van der Waals surface area contributed by atoms with Crippen molar-refractivity contribution in [1.29, 1.82) is 0 Å². The first kappa shape index (κ1) is 32.4. The highest BCUT2D eigenvalue weighted by Crippen LogP contribution is 2.66. The van der Waals surface area contributed by atoms with Crippen LogP contribution in [-0.2, 0) is 5.41 Å². The summed E-state index contributed by atoms with van der Waals surface area (Å²) in [4.78, 5) is 0. The van der Waals surface area contributed by atoms with Gasteiger partial charge in [0.15, 0.2) is 0 Å². The highest BCUT2D eigenvalue weighted by molar-refractivity contribution is 5.70. The topological polar surface area (TPSA) is 0 Å². The standard InChI is InChI=1S/C20H28.C4H10.2C2H6.CH4/c1-6-8-9-12-16(3)17-13-10-11-14-18(17)20(5)15-19(20,4)7-2;1-3-4-2;2*1-2;/h8-14H,6-7,15H2,1-5H3;3-4H2,1-2H3;2*1-2H3;1H4/b9-8-,16-12+;;;;. The van der Waals surface area contributed by atoms with Gasteiger partial charge in [-0.25, -0.2) is 0 Å². The van der Waals surface area contributed by atoms with Crippen molar-refractivity contribution in [2.45, 2.75) is 121 Å². The average Bonchev–Trinajstić information content (AvgIpc) is 3.34. The Labute approximate surface area is 185 Å². The van der Waals surface area contributed by atoms with E-state index < -0.39 is 0 Å². The van der Waals surface area contributed by atoms with Gasteiger partial charge in [0.1, 0.15) is 0 Å². The molecular formula is C29H54. The summed E-state index contributed by atoms with van der Waals surface area (Å²) < 4.78 is 0. The van der Waals surface area contributed by atoms with Crippen molar-refractivity contribution in [2.75, 3.05) is 0 Å². The lowest BCUT2D eigenvalue weighted by Gasteiger charge is -2.21. The Balaban J connectivity index is -0.000000657. The maximum atomic E-state index is 2.44. The lowest BCUT2D eigenvalue weighted by molar-refractivity contribution is 0.460. The Morgan fingerprint density at radius 2 is 1.45 bits per heavy atom. The normalized spacial score (nSPS) is 22.1.